The summed E-state index contributed by atoms with van der Waals surface area (Å²) in [7, 11) is 3.07. The molecule has 0 unspecified atom stereocenters. The average Bonchev–Trinajstić information content (AvgIpc) is 2.67. The Morgan fingerprint density at radius 2 is 1.74 bits per heavy atom. The first-order chi connectivity index (χ1) is 13.0. The van der Waals surface area contributed by atoms with Crippen molar-refractivity contribution in [2.75, 3.05) is 27.3 Å². The Kier molecular flexibility index (Phi) is 7.23. The maximum atomic E-state index is 12.4. The highest BCUT2D eigenvalue weighted by Crippen LogP contribution is 2.27. The Morgan fingerprint density at radius 3 is 2.37 bits per heavy atom. The van der Waals surface area contributed by atoms with Gasteiger partial charge >= 0.3 is 0 Å². The van der Waals surface area contributed by atoms with E-state index in [0.717, 1.165) is 11.1 Å². The highest BCUT2D eigenvalue weighted by atomic mass is 16.5. The number of nitrogens with zero attached hydrogens (tertiary/aromatic N) is 1. The molecule has 6 heteroatoms. The monoisotopic (exact) mass is 370 g/mol. The number of benzene rings is 2. The van der Waals surface area contributed by atoms with Crippen LogP contribution in [0.3, 0.4) is 0 Å². The second-order valence-electron chi connectivity index (χ2n) is 6.19. The van der Waals surface area contributed by atoms with Gasteiger partial charge in [-0.25, -0.2) is 0 Å². The fourth-order valence-corrected chi connectivity index (χ4v) is 2.72. The smallest absolute Gasteiger partial charge is 0.251 e. The first-order valence-electron chi connectivity index (χ1n) is 8.76. The van der Waals surface area contributed by atoms with E-state index in [1.807, 2.05) is 31.2 Å². The Balaban J connectivity index is 1.95. The molecule has 6 nitrogen and oxygen atoms in total. The molecule has 27 heavy (non-hydrogen) atoms. The van der Waals surface area contributed by atoms with Crippen molar-refractivity contribution in [1.82, 2.24) is 10.2 Å². The number of ether oxygens (including phenoxy) is 2. The van der Waals surface area contributed by atoms with Crippen molar-refractivity contribution in [2.45, 2.75) is 20.4 Å². The molecule has 0 aliphatic rings. The molecule has 2 rings (SSSR count). The van der Waals surface area contributed by atoms with Gasteiger partial charge in [0.1, 0.15) is 0 Å². The summed E-state index contributed by atoms with van der Waals surface area (Å²) in [6, 6.07) is 12.9. The zero-order chi connectivity index (χ0) is 19.8. The molecule has 1 N–H and O–H groups in total. The Labute approximate surface area is 160 Å². The van der Waals surface area contributed by atoms with Crippen LogP contribution >= 0.6 is 0 Å². The van der Waals surface area contributed by atoms with E-state index in [-0.39, 0.29) is 11.8 Å². The normalized spacial score (nSPS) is 10.2. The second-order valence-corrected chi connectivity index (χ2v) is 6.19. The average molecular weight is 370 g/mol. The number of hydrogen-bond acceptors (Lipinski definition) is 4. The van der Waals surface area contributed by atoms with Gasteiger partial charge in [-0.3, -0.25) is 9.59 Å². The second kappa shape index (κ2) is 9.62. The topological polar surface area (TPSA) is 67.9 Å². The number of carbonyl (C=O) groups excluding carboxylic acids is 2. The van der Waals surface area contributed by atoms with Crippen molar-refractivity contribution in [1.29, 1.82) is 0 Å². The van der Waals surface area contributed by atoms with Crippen molar-refractivity contribution in [2.24, 2.45) is 0 Å². The predicted molar refractivity (Wildman–Crippen MR) is 104 cm³/mol. The molecule has 2 aromatic rings. The number of rotatable bonds is 8. The predicted octanol–water partition coefficient (Wildman–Crippen LogP) is 2.79. The lowest BCUT2D eigenvalue weighted by Crippen LogP contribution is -2.37. The molecule has 0 aromatic heterocycles. The van der Waals surface area contributed by atoms with E-state index in [1.165, 1.54) is 14.0 Å². The van der Waals surface area contributed by atoms with Gasteiger partial charge < -0.3 is 19.7 Å². The van der Waals surface area contributed by atoms with Gasteiger partial charge in [-0.15, -0.1) is 0 Å². The molecule has 0 aliphatic carbocycles. The van der Waals surface area contributed by atoms with Crippen LogP contribution in [0.15, 0.2) is 42.5 Å². The number of hydrogen-bond donors (Lipinski definition) is 1. The summed E-state index contributed by atoms with van der Waals surface area (Å²) in [6.07, 6.45) is 0. The van der Waals surface area contributed by atoms with Gasteiger partial charge in [-0.2, -0.15) is 0 Å². The first-order valence-corrected chi connectivity index (χ1v) is 8.76. The number of carbonyl (C=O) groups is 2. The van der Waals surface area contributed by atoms with Gasteiger partial charge in [-0.1, -0.05) is 24.3 Å². The van der Waals surface area contributed by atoms with Crippen LogP contribution in [0.5, 0.6) is 11.5 Å². The summed E-state index contributed by atoms with van der Waals surface area (Å²) in [5.74, 6) is 0.805. The van der Waals surface area contributed by atoms with Crippen molar-refractivity contribution >= 4 is 11.8 Å². The van der Waals surface area contributed by atoms with Crippen molar-refractivity contribution < 1.29 is 19.1 Å². The number of aryl methyl sites for hydroxylation is 1. The summed E-state index contributed by atoms with van der Waals surface area (Å²) in [4.78, 5) is 26.0. The lowest BCUT2D eigenvalue weighted by Gasteiger charge is -2.22. The van der Waals surface area contributed by atoms with Crippen molar-refractivity contribution in [3.63, 3.8) is 0 Å². The number of nitrogens with one attached hydrogen (secondary N) is 1. The highest BCUT2D eigenvalue weighted by Gasteiger charge is 2.13. The summed E-state index contributed by atoms with van der Waals surface area (Å²) >= 11 is 0. The van der Waals surface area contributed by atoms with Crippen molar-refractivity contribution in [3.8, 4) is 11.5 Å². The zero-order valence-corrected chi connectivity index (χ0v) is 16.2. The Hall–Kier alpha value is -3.02. The zero-order valence-electron chi connectivity index (χ0n) is 16.2. The summed E-state index contributed by atoms with van der Waals surface area (Å²) in [5, 5.41) is 2.84. The maximum Gasteiger partial charge on any atom is 0.251 e. The van der Waals surface area contributed by atoms with E-state index in [0.29, 0.717) is 36.7 Å². The van der Waals surface area contributed by atoms with Crippen LogP contribution in [0.4, 0.5) is 0 Å². The molecule has 0 heterocycles. The molecule has 144 valence electrons. The van der Waals surface area contributed by atoms with E-state index < -0.39 is 0 Å². The van der Waals surface area contributed by atoms with E-state index in [4.69, 9.17) is 9.47 Å². The lowest BCUT2D eigenvalue weighted by molar-refractivity contribution is -0.129. The summed E-state index contributed by atoms with van der Waals surface area (Å²) < 4.78 is 10.4. The summed E-state index contributed by atoms with van der Waals surface area (Å²) in [5.41, 5.74) is 2.71. The van der Waals surface area contributed by atoms with Crippen LogP contribution in [-0.4, -0.2) is 44.0 Å². The minimum absolute atomic E-state index is 0.0291. The van der Waals surface area contributed by atoms with E-state index >= 15 is 0 Å². The molecule has 0 saturated heterocycles. The third-order valence-electron chi connectivity index (χ3n) is 4.38. The molecule has 0 fully saturated rings. The standard InChI is InChI=1S/C21H26N2O4/c1-15-7-5-6-8-18(15)14-23(16(2)24)12-11-22-21(25)17-9-10-19(26-3)20(13-17)27-4/h5-10,13H,11-12,14H2,1-4H3,(H,22,25). The molecular weight excluding hydrogens is 344 g/mol. The quantitative estimate of drug-likeness (QED) is 0.776. The maximum absolute atomic E-state index is 12.4. The molecule has 0 saturated carbocycles. The molecule has 2 amide bonds. The Morgan fingerprint density at radius 1 is 1.04 bits per heavy atom. The Bertz CT molecular complexity index is 805. The number of amides is 2. The molecule has 0 aliphatic heterocycles. The third-order valence-corrected chi connectivity index (χ3v) is 4.38. The minimum atomic E-state index is -0.227. The van der Waals surface area contributed by atoms with Gasteiger partial charge in [-0.05, 0) is 36.2 Å². The van der Waals surface area contributed by atoms with Gasteiger partial charge in [0.05, 0.1) is 14.2 Å². The fourth-order valence-electron chi connectivity index (χ4n) is 2.72. The first kappa shape index (κ1) is 20.3. The van der Waals surface area contributed by atoms with Gasteiger partial charge in [0.15, 0.2) is 11.5 Å². The largest absolute Gasteiger partial charge is 0.493 e. The lowest BCUT2D eigenvalue weighted by atomic mass is 10.1. The number of methoxy groups -OCH3 is 2. The third kappa shape index (κ3) is 5.48. The van der Waals surface area contributed by atoms with Gasteiger partial charge in [0.25, 0.3) is 5.91 Å². The van der Waals surface area contributed by atoms with E-state index in [9.17, 15) is 9.59 Å². The van der Waals surface area contributed by atoms with E-state index in [2.05, 4.69) is 5.32 Å². The SMILES string of the molecule is COc1ccc(C(=O)NCCN(Cc2ccccc2C)C(C)=O)cc1OC. The van der Waals surface area contributed by atoms with Gasteiger partial charge in [0, 0.05) is 32.1 Å². The summed E-state index contributed by atoms with van der Waals surface area (Å²) in [6.45, 7) is 4.87. The molecule has 2 aromatic carbocycles. The van der Waals surface area contributed by atoms with Crippen LogP contribution in [0.2, 0.25) is 0 Å². The molecule has 0 radical (unpaired) electrons. The van der Waals surface area contributed by atoms with Crippen LogP contribution in [-0.2, 0) is 11.3 Å². The van der Waals surface area contributed by atoms with Gasteiger partial charge in [0.2, 0.25) is 5.91 Å². The van der Waals surface area contributed by atoms with Crippen LogP contribution in [0.1, 0.15) is 28.4 Å². The van der Waals surface area contributed by atoms with Crippen LogP contribution in [0.25, 0.3) is 0 Å². The minimum Gasteiger partial charge on any atom is -0.493 e. The molecule has 0 atom stereocenters. The van der Waals surface area contributed by atoms with Crippen LogP contribution in [0, 0.1) is 6.92 Å². The highest BCUT2D eigenvalue weighted by molar-refractivity contribution is 5.94. The van der Waals surface area contributed by atoms with E-state index in [1.54, 1.807) is 30.2 Å². The van der Waals surface area contributed by atoms with Crippen LogP contribution < -0.4 is 14.8 Å². The van der Waals surface area contributed by atoms with Crippen molar-refractivity contribution in [3.05, 3.63) is 59.2 Å². The molecule has 0 spiro atoms. The molecule has 0 bridgehead atoms. The molecular formula is C21H26N2O4. The fraction of sp³-hybridized carbons (Fsp3) is 0.333.